The lowest BCUT2D eigenvalue weighted by atomic mass is 10.1. The summed E-state index contributed by atoms with van der Waals surface area (Å²) >= 11 is 12.2. The summed E-state index contributed by atoms with van der Waals surface area (Å²) in [6, 6.07) is 10.1. The van der Waals surface area contributed by atoms with Crippen molar-refractivity contribution in [2.75, 3.05) is 13.7 Å². The molecule has 0 saturated carbocycles. The molecule has 0 atom stereocenters. The molecule has 0 saturated heterocycles. The number of aromatic nitrogens is 1. The summed E-state index contributed by atoms with van der Waals surface area (Å²) in [6.45, 7) is 4.62. The van der Waals surface area contributed by atoms with Crippen LogP contribution in [0.3, 0.4) is 0 Å². The molecule has 0 aliphatic rings. The number of rotatable bonds is 7. The van der Waals surface area contributed by atoms with Crippen molar-refractivity contribution in [3.05, 3.63) is 57.3 Å². The Kier molecular flexibility index (Phi) is 7.62. The van der Waals surface area contributed by atoms with E-state index < -0.39 is 0 Å². The minimum absolute atomic E-state index is 0.538. The van der Waals surface area contributed by atoms with Crippen molar-refractivity contribution in [3.8, 4) is 0 Å². The Balaban J connectivity index is 1.98. The summed E-state index contributed by atoms with van der Waals surface area (Å²) < 4.78 is 6.98. The molecule has 0 unspecified atom stereocenters. The first kappa shape index (κ1) is 19.6. The van der Waals surface area contributed by atoms with Gasteiger partial charge in [0.1, 0.15) is 5.15 Å². The number of hydrogen-bond donors (Lipinski definition) is 2. The highest BCUT2D eigenvalue weighted by molar-refractivity contribution is 6.41. The quantitative estimate of drug-likeness (QED) is 0.566. The van der Waals surface area contributed by atoms with Gasteiger partial charge in [0.05, 0.1) is 24.7 Å². The van der Waals surface area contributed by atoms with Crippen molar-refractivity contribution < 1.29 is 4.74 Å². The second-order valence-electron chi connectivity index (χ2n) is 5.63. The fourth-order valence-electron chi connectivity index (χ4n) is 2.35. The van der Waals surface area contributed by atoms with Crippen LogP contribution in [0.2, 0.25) is 10.2 Å². The molecule has 1 aromatic carbocycles. The van der Waals surface area contributed by atoms with Crippen LogP contribution in [-0.2, 0) is 31.5 Å². The normalized spacial score (nSPS) is 11.6. The zero-order valence-corrected chi connectivity index (χ0v) is 16.3. The molecule has 2 N–H and O–H groups in total. The molecule has 0 fully saturated rings. The fourth-order valence-corrected chi connectivity index (χ4v) is 2.77. The number of nitrogens with zero attached hydrogens (tertiary/aromatic N) is 2. The number of ether oxygens (including phenoxy) is 1. The van der Waals surface area contributed by atoms with Gasteiger partial charge in [-0.05, 0) is 24.1 Å². The van der Waals surface area contributed by atoms with Crippen LogP contribution in [0.4, 0.5) is 0 Å². The minimum atomic E-state index is 0.538. The van der Waals surface area contributed by atoms with Gasteiger partial charge in [-0.25, -0.2) is 4.99 Å². The molecule has 1 heterocycles. The van der Waals surface area contributed by atoms with Crippen LogP contribution in [-0.4, -0.2) is 24.2 Å². The van der Waals surface area contributed by atoms with Crippen LogP contribution < -0.4 is 10.6 Å². The molecule has 25 heavy (non-hydrogen) atoms. The van der Waals surface area contributed by atoms with Crippen LogP contribution in [0.5, 0.6) is 0 Å². The third-order valence-electron chi connectivity index (χ3n) is 3.75. The lowest BCUT2D eigenvalue weighted by Crippen LogP contribution is -2.37. The summed E-state index contributed by atoms with van der Waals surface area (Å²) in [5.41, 5.74) is 3.28. The first-order valence-corrected chi connectivity index (χ1v) is 8.89. The summed E-state index contributed by atoms with van der Waals surface area (Å²) in [7, 11) is 3.58. The summed E-state index contributed by atoms with van der Waals surface area (Å²) in [5, 5.41) is 7.63. The maximum Gasteiger partial charge on any atom is 0.191 e. The fraction of sp³-hybridized carbons (Fsp3) is 0.389. The average molecular weight is 383 g/mol. The van der Waals surface area contributed by atoms with Gasteiger partial charge in [0, 0.05) is 26.4 Å². The number of aliphatic imine (C=N–C) groups is 1. The van der Waals surface area contributed by atoms with E-state index in [-0.39, 0.29) is 0 Å². The molecule has 5 nitrogen and oxygen atoms in total. The Bertz CT molecular complexity index is 711. The predicted octanol–water partition coefficient (Wildman–Crippen LogP) is 3.73. The number of nitrogens with one attached hydrogen (secondary N) is 2. The minimum Gasteiger partial charge on any atom is -0.380 e. The maximum atomic E-state index is 6.10. The van der Waals surface area contributed by atoms with E-state index in [0.717, 1.165) is 29.3 Å². The molecule has 7 heteroatoms. The molecule has 1 aromatic heterocycles. The van der Waals surface area contributed by atoms with Gasteiger partial charge in [0.2, 0.25) is 0 Å². The molecule has 2 aromatic rings. The van der Waals surface area contributed by atoms with Crippen LogP contribution in [0.15, 0.2) is 35.3 Å². The molecule has 0 aliphatic heterocycles. The van der Waals surface area contributed by atoms with E-state index >= 15 is 0 Å². The van der Waals surface area contributed by atoms with E-state index in [1.54, 1.807) is 7.11 Å². The van der Waals surface area contributed by atoms with Crippen LogP contribution in [0.1, 0.15) is 23.7 Å². The summed E-state index contributed by atoms with van der Waals surface area (Å²) in [6.07, 6.45) is 0. The van der Waals surface area contributed by atoms with Gasteiger partial charge in [0.25, 0.3) is 0 Å². The molecular formula is C18H24Cl2N4O. The van der Waals surface area contributed by atoms with Gasteiger partial charge in [-0.2, -0.15) is 0 Å². The second kappa shape index (κ2) is 9.70. The Labute approximate surface area is 159 Å². The highest BCUT2D eigenvalue weighted by Gasteiger charge is 2.09. The van der Waals surface area contributed by atoms with E-state index in [2.05, 4.69) is 39.9 Å². The van der Waals surface area contributed by atoms with Gasteiger partial charge < -0.3 is 19.9 Å². The van der Waals surface area contributed by atoms with Crippen molar-refractivity contribution in [1.29, 1.82) is 0 Å². The largest absolute Gasteiger partial charge is 0.380 e. The van der Waals surface area contributed by atoms with Crippen LogP contribution >= 0.6 is 23.2 Å². The number of halogens is 2. The molecule has 136 valence electrons. The molecule has 0 bridgehead atoms. The van der Waals surface area contributed by atoms with Gasteiger partial charge >= 0.3 is 0 Å². The standard InChI is InChI=1S/C18H24Cl2N4O/c1-4-21-18(23-11-15-9-16(19)17(20)24(15)2)22-10-13-5-7-14(8-6-13)12-25-3/h5-9H,4,10-12H2,1-3H3,(H2,21,22,23). The Morgan fingerprint density at radius 2 is 1.84 bits per heavy atom. The SMILES string of the molecule is CCNC(=NCc1ccc(COC)cc1)NCc1cc(Cl)c(Cl)n1C. The molecule has 0 radical (unpaired) electrons. The highest BCUT2D eigenvalue weighted by atomic mass is 35.5. The smallest absolute Gasteiger partial charge is 0.191 e. The van der Waals surface area contributed by atoms with Crippen LogP contribution in [0, 0.1) is 0 Å². The van der Waals surface area contributed by atoms with Gasteiger partial charge in [-0.15, -0.1) is 0 Å². The Hall–Kier alpha value is -1.69. The zero-order valence-electron chi connectivity index (χ0n) is 14.8. The molecule has 0 amide bonds. The number of methoxy groups -OCH3 is 1. The third kappa shape index (κ3) is 5.66. The topological polar surface area (TPSA) is 50.6 Å². The zero-order chi connectivity index (χ0) is 18.2. The van der Waals surface area contributed by atoms with Crippen molar-refractivity contribution in [3.63, 3.8) is 0 Å². The van der Waals surface area contributed by atoms with Crippen molar-refractivity contribution in [1.82, 2.24) is 15.2 Å². The van der Waals surface area contributed by atoms with Crippen molar-refractivity contribution >= 4 is 29.2 Å². The van der Waals surface area contributed by atoms with E-state index in [1.807, 2.05) is 24.6 Å². The first-order chi connectivity index (χ1) is 12.0. The molecule has 0 aliphatic carbocycles. The van der Waals surface area contributed by atoms with Crippen molar-refractivity contribution in [2.45, 2.75) is 26.6 Å². The first-order valence-electron chi connectivity index (χ1n) is 8.13. The average Bonchev–Trinajstić information content (AvgIpc) is 2.86. The lowest BCUT2D eigenvalue weighted by Gasteiger charge is -2.12. The molecule has 0 spiro atoms. The molecule has 2 rings (SSSR count). The van der Waals surface area contributed by atoms with E-state index in [0.29, 0.717) is 29.9 Å². The Morgan fingerprint density at radius 3 is 2.40 bits per heavy atom. The number of hydrogen-bond acceptors (Lipinski definition) is 2. The number of guanidine groups is 1. The van der Waals surface area contributed by atoms with E-state index in [9.17, 15) is 0 Å². The maximum absolute atomic E-state index is 6.10. The third-order valence-corrected chi connectivity index (χ3v) is 4.59. The van der Waals surface area contributed by atoms with E-state index in [1.165, 1.54) is 0 Å². The van der Waals surface area contributed by atoms with Crippen LogP contribution in [0.25, 0.3) is 0 Å². The van der Waals surface area contributed by atoms with Crippen molar-refractivity contribution in [2.24, 2.45) is 12.0 Å². The van der Waals surface area contributed by atoms with Gasteiger partial charge in [-0.3, -0.25) is 0 Å². The predicted molar refractivity (Wildman–Crippen MR) is 104 cm³/mol. The highest BCUT2D eigenvalue weighted by Crippen LogP contribution is 2.24. The van der Waals surface area contributed by atoms with Gasteiger partial charge in [0.15, 0.2) is 5.96 Å². The number of benzene rings is 1. The van der Waals surface area contributed by atoms with Gasteiger partial charge in [-0.1, -0.05) is 47.5 Å². The lowest BCUT2D eigenvalue weighted by molar-refractivity contribution is 0.185. The van der Waals surface area contributed by atoms with E-state index in [4.69, 9.17) is 27.9 Å². The summed E-state index contributed by atoms with van der Waals surface area (Å²) in [4.78, 5) is 4.62. The monoisotopic (exact) mass is 382 g/mol. The second-order valence-corrected chi connectivity index (χ2v) is 6.40. The molecular weight excluding hydrogens is 359 g/mol. The Morgan fingerprint density at radius 1 is 1.16 bits per heavy atom. The summed E-state index contributed by atoms with van der Waals surface area (Å²) in [5.74, 6) is 0.747.